The molecule has 0 saturated carbocycles. The second kappa shape index (κ2) is 6.54. The smallest absolute Gasteiger partial charge is 0.359 e. The first-order valence-electron chi connectivity index (χ1n) is 6.23. The molecule has 0 spiro atoms. The molecule has 4 N–H and O–H groups in total. The molecule has 0 aliphatic rings. The molecule has 0 saturated heterocycles. The molecule has 0 aliphatic carbocycles. The number of hydrogen-bond donors (Lipinski definition) is 2. The molecule has 0 atom stereocenters. The standard InChI is InChI=1S/C16H16N2O2/c17-11-14(12-7-3-1-4-8-12)15(18)16(19)20-13-9-5-2-6-10-13/h1-10H,11,17-18H2. The Morgan fingerprint density at radius 2 is 1.50 bits per heavy atom. The molecule has 2 aromatic rings. The first kappa shape index (κ1) is 13.8. The maximum Gasteiger partial charge on any atom is 0.359 e. The molecule has 0 amide bonds. The third-order valence-corrected chi connectivity index (χ3v) is 2.83. The molecule has 0 aliphatic heterocycles. The van der Waals surface area contributed by atoms with Gasteiger partial charge in [-0.25, -0.2) is 4.79 Å². The number of carbonyl (C=O) groups is 1. The number of carbonyl (C=O) groups excluding carboxylic acids is 1. The Labute approximate surface area is 117 Å². The summed E-state index contributed by atoms with van der Waals surface area (Å²) in [5.41, 5.74) is 13.0. The van der Waals surface area contributed by atoms with E-state index in [1.807, 2.05) is 36.4 Å². The maximum absolute atomic E-state index is 12.0. The SMILES string of the molecule is NCC(=C(N)C(=O)Oc1ccccc1)c1ccccc1. The van der Waals surface area contributed by atoms with E-state index >= 15 is 0 Å². The van der Waals surface area contributed by atoms with E-state index < -0.39 is 5.97 Å². The summed E-state index contributed by atoms with van der Waals surface area (Å²) in [6, 6.07) is 18.1. The van der Waals surface area contributed by atoms with Gasteiger partial charge >= 0.3 is 5.97 Å². The van der Waals surface area contributed by atoms with Crippen molar-refractivity contribution in [2.45, 2.75) is 0 Å². The van der Waals surface area contributed by atoms with E-state index in [1.54, 1.807) is 24.3 Å². The van der Waals surface area contributed by atoms with Crippen LogP contribution in [0.2, 0.25) is 0 Å². The van der Waals surface area contributed by atoms with Crippen molar-refractivity contribution in [2.24, 2.45) is 11.5 Å². The topological polar surface area (TPSA) is 78.3 Å². The van der Waals surface area contributed by atoms with Gasteiger partial charge in [0, 0.05) is 12.1 Å². The summed E-state index contributed by atoms with van der Waals surface area (Å²) in [5.74, 6) is -0.148. The zero-order chi connectivity index (χ0) is 14.4. The van der Waals surface area contributed by atoms with Gasteiger partial charge in [0.2, 0.25) is 0 Å². The quantitative estimate of drug-likeness (QED) is 0.504. The minimum absolute atomic E-state index is 0.0301. The summed E-state index contributed by atoms with van der Waals surface area (Å²) < 4.78 is 5.20. The van der Waals surface area contributed by atoms with Crippen molar-refractivity contribution in [3.8, 4) is 5.75 Å². The molecular weight excluding hydrogens is 252 g/mol. The van der Waals surface area contributed by atoms with Crippen molar-refractivity contribution >= 4 is 11.5 Å². The molecule has 4 heteroatoms. The molecule has 20 heavy (non-hydrogen) atoms. The van der Waals surface area contributed by atoms with Crippen LogP contribution in [-0.2, 0) is 4.79 Å². The second-order valence-corrected chi connectivity index (χ2v) is 4.16. The van der Waals surface area contributed by atoms with E-state index in [0.717, 1.165) is 5.56 Å². The van der Waals surface area contributed by atoms with Gasteiger partial charge in [0.25, 0.3) is 0 Å². The third kappa shape index (κ3) is 3.24. The zero-order valence-corrected chi connectivity index (χ0v) is 11.0. The molecule has 4 nitrogen and oxygen atoms in total. The minimum Gasteiger partial charge on any atom is -0.422 e. The number of esters is 1. The molecule has 0 heterocycles. The van der Waals surface area contributed by atoms with Crippen LogP contribution in [0.4, 0.5) is 0 Å². The van der Waals surface area contributed by atoms with Crippen molar-refractivity contribution in [1.82, 2.24) is 0 Å². The summed E-state index contributed by atoms with van der Waals surface area (Å²) in [4.78, 5) is 12.0. The van der Waals surface area contributed by atoms with Gasteiger partial charge in [-0.2, -0.15) is 0 Å². The first-order valence-corrected chi connectivity index (χ1v) is 6.23. The van der Waals surface area contributed by atoms with Crippen molar-refractivity contribution < 1.29 is 9.53 Å². The largest absolute Gasteiger partial charge is 0.422 e. The monoisotopic (exact) mass is 268 g/mol. The van der Waals surface area contributed by atoms with E-state index in [0.29, 0.717) is 11.3 Å². The van der Waals surface area contributed by atoms with E-state index in [2.05, 4.69) is 0 Å². The van der Waals surface area contributed by atoms with Crippen molar-refractivity contribution in [2.75, 3.05) is 6.54 Å². The molecule has 2 rings (SSSR count). The van der Waals surface area contributed by atoms with E-state index in [9.17, 15) is 4.79 Å². The van der Waals surface area contributed by atoms with Crippen LogP contribution in [0.1, 0.15) is 5.56 Å². The number of benzene rings is 2. The van der Waals surface area contributed by atoms with E-state index in [-0.39, 0.29) is 12.2 Å². The summed E-state index contributed by atoms with van der Waals surface area (Å²) >= 11 is 0. The fourth-order valence-corrected chi connectivity index (χ4v) is 1.80. The summed E-state index contributed by atoms with van der Waals surface area (Å²) in [7, 11) is 0. The Balaban J connectivity index is 2.25. The lowest BCUT2D eigenvalue weighted by Crippen LogP contribution is -2.22. The Bertz CT molecular complexity index is 607. The van der Waals surface area contributed by atoms with Gasteiger partial charge < -0.3 is 16.2 Å². The summed E-state index contributed by atoms with van der Waals surface area (Å²) in [6.45, 7) is 0.166. The average Bonchev–Trinajstić information content (AvgIpc) is 2.50. The van der Waals surface area contributed by atoms with Gasteiger partial charge in [0.05, 0.1) is 0 Å². The molecular formula is C16H16N2O2. The van der Waals surface area contributed by atoms with Gasteiger partial charge in [-0.15, -0.1) is 0 Å². The van der Waals surface area contributed by atoms with Crippen LogP contribution in [0.25, 0.3) is 5.57 Å². The predicted molar refractivity (Wildman–Crippen MR) is 78.7 cm³/mol. The average molecular weight is 268 g/mol. The Hall–Kier alpha value is -2.59. The van der Waals surface area contributed by atoms with Crippen LogP contribution < -0.4 is 16.2 Å². The Kier molecular flexibility index (Phi) is 4.52. The van der Waals surface area contributed by atoms with E-state index in [1.165, 1.54) is 0 Å². The molecule has 0 fully saturated rings. The normalized spacial score (nSPS) is 11.7. The summed E-state index contributed by atoms with van der Waals surface area (Å²) in [5, 5.41) is 0. The van der Waals surface area contributed by atoms with Crippen LogP contribution >= 0.6 is 0 Å². The maximum atomic E-state index is 12.0. The zero-order valence-electron chi connectivity index (χ0n) is 11.0. The second-order valence-electron chi connectivity index (χ2n) is 4.16. The lowest BCUT2D eigenvalue weighted by atomic mass is 10.0. The summed E-state index contributed by atoms with van der Waals surface area (Å²) in [6.07, 6.45) is 0. The van der Waals surface area contributed by atoms with Gasteiger partial charge in [-0.3, -0.25) is 0 Å². The first-order chi connectivity index (χ1) is 9.72. The van der Waals surface area contributed by atoms with Crippen molar-refractivity contribution in [1.29, 1.82) is 0 Å². The van der Waals surface area contributed by atoms with Crippen LogP contribution in [0, 0.1) is 0 Å². The number of ether oxygens (including phenoxy) is 1. The number of hydrogen-bond acceptors (Lipinski definition) is 4. The highest BCUT2D eigenvalue weighted by molar-refractivity contribution is 5.98. The fourth-order valence-electron chi connectivity index (χ4n) is 1.80. The lowest BCUT2D eigenvalue weighted by Gasteiger charge is -2.10. The van der Waals surface area contributed by atoms with Gasteiger partial charge in [-0.05, 0) is 17.7 Å². The molecule has 0 radical (unpaired) electrons. The molecule has 0 aromatic heterocycles. The highest BCUT2D eigenvalue weighted by Crippen LogP contribution is 2.17. The number of nitrogens with two attached hydrogens (primary N) is 2. The van der Waals surface area contributed by atoms with Crippen LogP contribution in [0.5, 0.6) is 5.75 Å². The highest BCUT2D eigenvalue weighted by Gasteiger charge is 2.14. The van der Waals surface area contributed by atoms with Crippen molar-refractivity contribution in [3.63, 3.8) is 0 Å². The van der Waals surface area contributed by atoms with Crippen LogP contribution in [-0.4, -0.2) is 12.5 Å². The van der Waals surface area contributed by atoms with Gasteiger partial charge in [0.1, 0.15) is 11.4 Å². The van der Waals surface area contributed by atoms with Gasteiger partial charge in [-0.1, -0.05) is 48.5 Å². The fraction of sp³-hybridized carbons (Fsp3) is 0.0625. The highest BCUT2D eigenvalue weighted by atomic mass is 16.5. The molecule has 0 bridgehead atoms. The molecule has 102 valence electrons. The molecule has 0 unspecified atom stereocenters. The number of para-hydroxylation sites is 1. The minimum atomic E-state index is -0.597. The predicted octanol–water partition coefficient (Wildman–Crippen LogP) is 1.92. The van der Waals surface area contributed by atoms with E-state index in [4.69, 9.17) is 16.2 Å². The van der Waals surface area contributed by atoms with Gasteiger partial charge in [0.15, 0.2) is 0 Å². The lowest BCUT2D eigenvalue weighted by molar-refractivity contribution is -0.130. The Morgan fingerprint density at radius 1 is 0.950 bits per heavy atom. The van der Waals surface area contributed by atoms with Crippen molar-refractivity contribution in [3.05, 3.63) is 71.9 Å². The van der Waals surface area contributed by atoms with Crippen LogP contribution in [0.3, 0.4) is 0 Å². The number of rotatable bonds is 4. The Morgan fingerprint density at radius 3 is 2.05 bits per heavy atom. The third-order valence-electron chi connectivity index (χ3n) is 2.83. The van der Waals surface area contributed by atoms with Crippen LogP contribution in [0.15, 0.2) is 66.4 Å². The molecule has 2 aromatic carbocycles.